The summed E-state index contributed by atoms with van der Waals surface area (Å²) in [6.45, 7) is 5.67. The van der Waals surface area contributed by atoms with Gasteiger partial charge in [0.1, 0.15) is 12.1 Å². The summed E-state index contributed by atoms with van der Waals surface area (Å²) in [4.78, 5) is 10.7. The lowest BCUT2D eigenvalue weighted by molar-refractivity contribution is 0.0615. The highest BCUT2D eigenvalue weighted by molar-refractivity contribution is 5.45. The maximum Gasteiger partial charge on any atom is 0.137 e. The van der Waals surface area contributed by atoms with Gasteiger partial charge in [-0.25, -0.2) is 9.97 Å². The van der Waals surface area contributed by atoms with Gasteiger partial charge in [0.05, 0.1) is 19.8 Å². The van der Waals surface area contributed by atoms with Crippen molar-refractivity contribution in [3.63, 3.8) is 0 Å². The van der Waals surface area contributed by atoms with Crippen molar-refractivity contribution in [2.24, 2.45) is 0 Å². The summed E-state index contributed by atoms with van der Waals surface area (Å²) in [5.74, 6) is 0.990. The minimum absolute atomic E-state index is 0.531. The van der Waals surface area contributed by atoms with E-state index in [-0.39, 0.29) is 0 Å². The summed E-state index contributed by atoms with van der Waals surface area (Å²) in [6, 6.07) is 0. The second kappa shape index (κ2) is 7.25. The Balaban J connectivity index is 1.96. The fourth-order valence-corrected chi connectivity index (χ4v) is 1.94. The molecule has 0 atom stereocenters. The van der Waals surface area contributed by atoms with E-state index in [1.54, 1.807) is 13.4 Å². The van der Waals surface area contributed by atoms with E-state index in [4.69, 9.17) is 9.47 Å². The molecule has 0 spiro atoms. The number of anilines is 1. The first kappa shape index (κ1) is 13.2. The average molecular weight is 252 g/mol. The fraction of sp³-hybridized carbons (Fsp3) is 0.667. The van der Waals surface area contributed by atoms with E-state index >= 15 is 0 Å². The zero-order valence-corrected chi connectivity index (χ0v) is 10.8. The van der Waals surface area contributed by atoms with Gasteiger partial charge >= 0.3 is 0 Å². The minimum Gasteiger partial charge on any atom is -0.382 e. The molecule has 1 saturated heterocycles. The standard InChI is InChI=1S/C12H20N4O2/c1-17-6-7-18-9-11-8-14-10-15-12(11)16-4-2-13-3-5-16/h8,10,13H,2-7,9H2,1H3. The van der Waals surface area contributed by atoms with E-state index in [1.165, 1.54) is 0 Å². The molecule has 1 N–H and O–H groups in total. The van der Waals surface area contributed by atoms with Gasteiger partial charge in [0.2, 0.25) is 0 Å². The molecular formula is C12H20N4O2. The van der Waals surface area contributed by atoms with Crippen LogP contribution < -0.4 is 10.2 Å². The average Bonchev–Trinajstić information content (AvgIpc) is 2.45. The topological polar surface area (TPSA) is 59.5 Å². The molecular weight excluding hydrogens is 232 g/mol. The Morgan fingerprint density at radius 1 is 1.33 bits per heavy atom. The second-order valence-electron chi connectivity index (χ2n) is 4.15. The first-order valence-corrected chi connectivity index (χ1v) is 6.23. The number of methoxy groups -OCH3 is 1. The van der Waals surface area contributed by atoms with Crippen LogP contribution in [0.4, 0.5) is 5.82 Å². The zero-order chi connectivity index (χ0) is 12.6. The molecule has 0 aliphatic carbocycles. The molecule has 2 rings (SSSR count). The van der Waals surface area contributed by atoms with Crippen molar-refractivity contribution < 1.29 is 9.47 Å². The third-order valence-electron chi connectivity index (χ3n) is 2.87. The molecule has 2 heterocycles. The Labute approximate surface area is 107 Å². The number of nitrogens with zero attached hydrogens (tertiary/aromatic N) is 3. The molecule has 0 aromatic carbocycles. The maximum atomic E-state index is 5.54. The zero-order valence-electron chi connectivity index (χ0n) is 10.8. The van der Waals surface area contributed by atoms with Crippen LogP contribution >= 0.6 is 0 Å². The smallest absolute Gasteiger partial charge is 0.137 e. The van der Waals surface area contributed by atoms with Crippen LogP contribution in [0.2, 0.25) is 0 Å². The molecule has 0 amide bonds. The number of piperazine rings is 1. The summed E-state index contributed by atoms with van der Waals surface area (Å²) < 4.78 is 10.5. The monoisotopic (exact) mass is 252 g/mol. The first-order valence-electron chi connectivity index (χ1n) is 6.23. The maximum absolute atomic E-state index is 5.54. The highest BCUT2D eigenvalue weighted by Gasteiger charge is 2.15. The number of hydrogen-bond donors (Lipinski definition) is 1. The fourth-order valence-electron chi connectivity index (χ4n) is 1.94. The third-order valence-corrected chi connectivity index (χ3v) is 2.87. The van der Waals surface area contributed by atoms with Gasteiger partial charge < -0.3 is 19.7 Å². The lowest BCUT2D eigenvalue weighted by Gasteiger charge is -2.29. The molecule has 1 aromatic heterocycles. The van der Waals surface area contributed by atoms with Crippen molar-refractivity contribution in [3.05, 3.63) is 18.1 Å². The Bertz CT molecular complexity index is 356. The molecule has 1 fully saturated rings. The summed E-state index contributed by atoms with van der Waals surface area (Å²) >= 11 is 0. The lowest BCUT2D eigenvalue weighted by Crippen LogP contribution is -2.44. The Morgan fingerprint density at radius 2 is 2.17 bits per heavy atom. The molecule has 100 valence electrons. The van der Waals surface area contributed by atoms with Crippen molar-refractivity contribution in [2.75, 3.05) is 51.4 Å². The van der Waals surface area contributed by atoms with E-state index in [1.807, 2.05) is 6.20 Å². The van der Waals surface area contributed by atoms with Gasteiger partial charge in [0.15, 0.2) is 0 Å². The SMILES string of the molecule is COCCOCc1cncnc1N1CCNCC1. The van der Waals surface area contributed by atoms with Crippen LogP contribution in [0, 0.1) is 0 Å². The van der Waals surface area contributed by atoms with Crippen molar-refractivity contribution in [1.29, 1.82) is 0 Å². The van der Waals surface area contributed by atoms with Crippen LogP contribution in [0.3, 0.4) is 0 Å². The molecule has 1 aromatic rings. The van der Waals surface area contributed by atoms with Crippen LogP contribution in [-0.4, -0.2) is 56.5 Å². The van der Waals surface area contributed by atoms with Crippen molar-refractivity contribution >= 4 is 5.82 Å². The Morgan fingerprint density at radius 3 is 2.94 bits per heavy atom. The van der Waals surface area contributed by atoms with Gasteiger partial charge in [-0.05, 0) is 0 Å². The largest absolute Gasteiger partial charge is 0.382 e. The molecule has 1 aliphatic rings. The van der Waals surface area contributed by atoms with Crippen molar-refractivity contribution in [2.45, 2.75) is 6.61 Å². The quantitative estimate of drug-likeness (QED) is 0.722. The van der Waals surface area contributed by atoms with Gasteiger partial charge in [-0.3, -0.25) is 0 Å². The van der Waals surface area contributed by atoms with Crippen LogP contribution in [0.15, 0.2) is 12.5 Å². The van der Waals surface area contributed by atoms with Crippen LogP contribution in [0.5, 0.6) is 0 Å². The molecule has 0 saturated carbocycles. The van der Waals surface area contributed by atoms with E-state index < -0.39 is 0 Å². The molecule has 0 bridgehead atoms. The van der Waals surface area contributed by atoms with Gasteiger partial charge in [-0.15, -0.1) is 0 Å². The summed E-state index contributed by atoms with van der Waals surface area (Å²) in [6.07, 6.45) is 3.42. The molecule has 0 radical (unpaired) electrons. The second-order valence-corrected chi connectivity index (χ2v) is 4.15. The van der Waals surface area contributed by atoms with Gasteiger partial charge in [-0.2, -0.15) is 0 Å². The number of hydrogen-bond acceptors (Lipinski definition) is 6. The van der Waals surface area contributed by atoms with Crippen molar-refractivity contribution in [3.8, 4) is 0 Å². The predicted molar refractivity (Wildman–Crippen MR) is 68.6 cm³/mol. The van der Waals surface area contributed by atoms with Gasteiger partial charge in [-0.1, -0.05) is 0 Å². The number of nitrogens with one attached hydrogen (secondary N) is 1. The summed E-state index contributed by atoms with van der Waals surface area (Å²) in [5, 5.41) is 3.33. The number of ether oxygens (including phenoxy) is 2. The normalized spacial score (nSPS) is 15.9. The van der Waals surface area contributed by atoms with Crippen LogP contribution in [0.1, 0.15) is 5.56 Å². The molecule has 6 nitrogen and oxygen atoms in total. The summed E-state index contributed by atoms with van der Waals surface area (Å²) in [5.41, 5.74) is 1.04. The summed E-state index contributed by atoms with van der Waals surface area (Å²) in [7, 11) is 1.67. The van der Waals surface area contributed by atoms with Gasteiger partial charge in [0, 0.05) is 45.0 Å². The number of rotatable bonds is 6. The first-order chi connectivity index (χ1) is 8.92. The molecule has 1 aliphatic heterocycles. The van der Waals surface area contributed by atoms with Crippen LogP contribution in [0.25, 0.3) is 0 Å². The van der Waals surface area contributed by atoms with Crippen LogP contribution in [-0.2, 0) is 16.1 Å². The highest BCUT2D eigenvalue weighted by Crippen LogP contribution is 2.17. The number of aromatic nitrogens is 2. The van der Waals surface area contributed by atoms with E-state index in [2.05, 4.69) is 20.2 Å². The predicted octanol–water partition coefficient (Wildman–Crippen LogP) is 0.0492. The van der Waals surface area contributed by atoms with E-state index in [0.717, 1.165) is 37.6 Å². The molecule has 18 heavy (non-hydrogen) atoms. The molecule has 0 unspecified atom stereocenters. The Hall–Kier alpha value is -1.24. The minimum atomic E-state index is 0.531. The van der Waals surface area contributed by atoms with Gasteiger partial charge in [0.25, 0.3) is 0 Å². The van der Waals surface area contributed by atoms with Crippen molar-refractivity contribution in [1.82, 2.24) is 15.3 Å². The lowest BCUT2D eigenvalue weighted by atomic mass is 10.2. The Kier molecular flexibility index (Phi) is 5.32. The third kappa shape index (κ3) is 3.63. The highest BCUT2D eigenvalue weighted by atomic mass is 16.5. The van der Waals surface area contributed by atoms with E-state index in [0.29, 0.717) is 19.8 Å². The van der Waals surface area contributed by atoms with E-state index in [9.17, 15) is 0 Å². The molecule has 6 heteroatoms.